The van der Waals surface area contributed by atoms with Gasteiger partial charge in [-0.3, -0.25) is 4.79 Å². The van der Waals surface area contributed by atoms with Crippen molar-refractivity contribution < 1.29 is 14.6 Å². The zero-order valence-corrected chi connectivity index (χ0v) is 13.7. The average molecular weight is 339 g/mol. The molecule has 0 aliphatic rings. The molecule has 0 spiro atoms. The van der Waals surface area contributed by atoms with Crippen LogP contribution in [-0.4, -0.2) is 39.3 Å². The highest BCUT2D eigenvalue weighted by molar-refractivity contribution is 5.87. The van der Waals surface area contributed by atoms with Crippen LogP contribution in [0.3, 0.4) is 0 Å². The maximum atomic E-state index is 12.3. The number of rotatable bonds is 5. The number of fused-ring (bicyclic) bond motifs is 1. The third-order valence-corrected chi connectivity index (χ3v) is 3.74. The number of aromatic nitrogens is 3. The molecule has 0 unspecified atom stereocenters. The molecule has 1 heterocycles. The Balaban J connectivity index is 1.72. The summed E-state index contributed by atoms with van der Waals surface area (Å²) >= 11 is 0. The number of hydrogen-bond donors (Lipinski definition) is 2. The Bertz CT molecular complexity index is 935. The van der Waals surface area contributed by atoms with Crippen LogP contribution in [0.2, 0.25) is 0 Å². The van der Waals surface area contributed by atoms with Crippen molar-refractivity contribution in [3.8, 4) is 11.5 Å². The predicted octanol–water partition coefficient (Wildman–Crippen LogP) is 1.86. The van der Waals surface area contributed by atoms with Crippen LogP contribution >= 0.6 is 0 Å². The fourth-order valence-electron chi connectivity index (χ4n) is 2.31. The largest absolute Gasteiger partial charge is 0.507 e. The predicted molar refractivity (Wildman–Crippen MR) is 92.6 cm³/mol. The molecule has 2 aromatic carbocycles. The van der Waals surface area contributed by atoms with Gasteiger partial charge in [-0.2, -0.15) is 5.10 Å². The molecule has 0 bridgehead atoms. The van der Waals surface area contributed by atoms with Crippen LogP contribution in [-0.2, 0) is 4.79 Å². The van der Waals surface area contributed by atoms with E-state index >= 15 is 0 Å². The van der Waals surface area contributed by atoms with E-state index in [4.69, 9.17) is 4.74 Å². The van der Waals surface area contributed by atoms with Crippen molar-refractivity contribution in [1.29, 1.82) is 0 Å². The van der Waals surface area contributed by atoms with Gasteiger partial charge in [0.15, 0.2) is 0 Å². The molecule has 0 aliphatic carbocycles. The van der Waals surface area contributed by atoms with E-state index in [1.54, 1.807) is 19.1 Å². The molecule has 128 valence electrons. The third-order valence-electron chi connectivity index (χ3n) is 3.74. The van der Waals surface area contributed by atoms with E-state index in [0.29, 0.717) is 16.8 Å². The number of ether oxygens (including phenoxy) is 1. The fourth-order valence-corrected chi connectivity index (χ4v) is 2.31. The zero-order valence-electron chi connectivity index (χ0n) is 13.7. The Morgan fingerprint density at radius 1 is 1.36 bits per heavy atom. The van der Waals surface area contributed by atoms with Gasteiger partial charge in [0.1, 0.15) is 23.1 Å². The summed E-state index contributed by atoms with van der Waals surface area (Å²) in [5, 5.41) is 21.7. The van der Waals surface area contributed by atoms with Gasteiger partial charge >= 0.3 is 0 Å². The first-order chi connectivity index (χ1) is 12.1. The summed E-state index contributed by atoms with van der Waals surface area (Å²) in [7, 11) is 1.53. The smallest absolute Gasteiger partial charge is 0.264 e. The summed E-state index contributed by atoms with van der Waals surface area (Å²) in [6.45, 7) is 1.70. The first-order valence-corrected chi connectivity index (χ1v) is 7.60. The lowest BCUT2D eigenvalue weighted by Gasteiger charge is -2.10. The molecule has 0 fully saturated rings. The van der Waals surface area contributed by atoms with Crippen LogP contribution in [0.15, 0.2) is 47.6 Å². The number of methoxy groups -OCH3 is 1. The van der Waals surface area contributed by atoms with Gasteiger partial charge in [0.25, 0.3) is 5.91 Å². The summed E-state index contributed by atoms with van der Waals surface area (Å²) in [6, 6.07) is 11.5. The van der Waals surface area contributed by atoms with Crippen molar-refractivity contribution in [3.63, 3.8) is 0 Å². The number of carbonyl (C=O) groups is 1. The van der Waals surface area contributed by atoms with E-state index in [1.807, 2.05) is 24.3 Å². The Kier molecular flexibility index (Phi) is 4.60. The molecule has 0 saturated heterocycles. The molecule has 2 N–H and O–H groups in total. The van der Waals surface area contributed by atoms with E-state index in [0.717, 1.165) is 5.52 Å². The molecule has 8 heteroatoms. The van der Waals surface area contributed by atoms with Crippen molar-refractivity contribution in [2.24, 2.45) is 5.10 Å². The molecule has 3 aromatic rings. The van der Waals surface area contributed by atoms with Gasteiger partial charge in [0, 0.05) is 5.56 Å². The number of phenolic OH excluding ortho intramolecular Hbond substituents is 1. The second-order valence-corrected chi connectivity index (χ2v) is 5.36. The second kappa shape index (κ2) is 7.00. The molecule has 8 nitrogen and oxygen atoms in total. The van der Waals surface area contributed by atoms with Gasteiger partial charge in [-0.25, -0.2) is 10.1 Å². The first-order valence-electron chi connectivity index (χ1n) is 7.60. The normalized spacial score (nSPS) is 12.4. The van der Waals surface area contributed by atoms with Crippen molar-refractivity contribution >= 4 is 23.2 Å². The van der Waals surface area contributed by atoms with Crippen LogP contribution in [0.5, 0.6) is 11.5 Å². The highest BCUT2D eigenvalue weighted by atomic mass is 16.5. The highest BCUT2D eigenvalue weighted by Gasteiger charge is 2.18. The number of para-hydroxylation sites is 1. The lowest BCUT2D eigenvalue weighted by molar-refractivity contribution is -0.124. The van der Waals surface area contributed by atoms with E-state index in [9.17, 15) is 9.90 Å². The van der Waals surface area contributed by atoms with Gasteiger partial charge < -0.3 is 9.84 Å². The van der Waals surface area contributed by atoms with Gasteiger partial charge in [-0.15, -0.1) is 5.10 Å². The molecule has 1 atom stereocenters. The van der Waals surface area contributed by atoms with Crippen LogP contribution in [0.4, 0.5) is 0 Å². The Morgan fingerprint density at radius 2 is 2.16 bits per heavy atom. The van der Waals surface area contributed by atoms with Gasteiger partial charge in [0.05, 0.1) is 18.8 Å². The Hall–Kier alpha value is -3.42. The maximum absolute atomic E-state index is 12.3. The number of nitrogens with zero attached hydrogens (tertiary/aromatic N) is 4. The Labute approximate surface area is 143 Å². The number of amides is 1. The maximum Gasteiger partial charge on any atom is 0.264 e. The van der Waals surface area contributed by atoms with E-state index < -0.39 is 6.04 Å². The molecule has 0 saturated carbocycles. The van der Waals surface area contributed by atoms with E-state index in [2.05, 4.69) is 20.8 Å². The molecular weight excluding hydrogens is 322 g/mol. The topological polar surface area (TPSA) is 102 Å². The Morgan fingerprint density at radius 3 is 2.96 bits per heavy atom. The molecule has 25 heavy (non-hydrogen) atoms. The molecule has 0 radical (unpaired) electrons. The van der Waals surface area contributed by atoms with Gasteiger partial charge in [0.2, 0.25) is 0 Å². The summed E-state index contributed by atoms with van der Waals surface area (Å²) in [5.74, 6) is 0.261. The minimum absolute atomic E-state index is 0.0362. The number of aromatic hydroxyl groups is 1. The van der Waals surface area contributed by atoms with Gasteiger partial charge in [-0.1, -0.05) is 17.3 Å². The lowest BCUT2D eigenvalue weighted by Crippen LogP contribution is -2.28. The van der Waals surface area contributed by atoms with Crippen LogP contribution in [0.25, 0.3) is 11.0 Å². The monoisotopic (exact) mass is 339 g/mol. The van der Waals surface area contributed by atoms with Crippen molar-refractivity contribution in [1.82, 2.24) is 20.4 Å². The van der Waals surface area contributed by atoms with Crippen LogP contribution in [0.1, 0.15) is 18.5 Å². The lowest BCUT2D eigenvalue weighted by atomic mass is 10.2. The summed E-state index contributed by atoms with van der Waals surface area (Å²) < 4.78 is 6.62. The number of hydrogen-bond acceptors (Lipinski definition) is 6. The van der Waals surface area contributed by atoms with E-state index in [1.165, 1.54) is 24.1 Å². The number of nitrogens with one attached hydrogen (secondary N) is 1. The minimum Gasteiger partial charge on any atom is -0.507 e. The van der Waals surface area contributed by atoms with Crippen molar-refractivity contribution in [2.75, 3.05) is 7.11 Å². The number of carbonyl (C=O) groups excluding carboxylic acids is 1. The van der Waals surface area contributed by atoms with Crippen molar-refractivity contribution in [3.05, 3.63) is 48.0 Å². The number of benzene rings is 2. The van der Waals surface area contributed by atoms with Crippen molar-refractivity contribution in [2.45, 2.75) is 13.0 Å². The zero-order chi connectivity index (χ0) is 17.8. The molecule has 3 rings (SSSR count). The average Bonchev–Trinajstić information content (AvgIpc) is 3.06. The fraction of sp³-hybridized carbons (Fsp3) is 0.176. The quantitative estimate of drug-likeness (QED) is 0.546. The van der Waals surface area contributed by atoms with Gasteiger partial charge in [-0.05, 0) is 37.3 Å². The SMILES string of the molecule is COc1ccc(O)c(C=NNC(=O)[C@H](C)n2nnc3ccccc32)c1. The number of phenols is 1. The standard InChI is InChI=1S/C17H17N5O3/c1-11(22-15-6-4-3-5-14(15)19-21-22)17(24)20-18-10-12-9-13(25-2)7-8-16(12)23/h3-11,23H,1-2H3,(H,20,24)/t11-/m0/s1. The third kappa shape index (κ3) is 3.42. The first kappa shape index (κ1) is 16.4. The highest BCUT2D eigenvalue weighted by Crippen LogP contribution is 2.21. The number of hydrazone groups is 1. The van der Waals surface area contributed by atoms with E-state index in [-0.39, 0.29) is 11.7 Å². The molecule has 1 amide bonds. The van der Waals surface area contributed by atoms with Crippen LogP contribution in [0, 0.1) is 0 Å². The molecular formula is C17H17N5O3. The summed E-state index contributed by atoms with van der Waals surface area (Å²) in [4.78, 5) is 12.3. The van der Waals surface area contributed by atoms with Crippen LogP contribution < -0.4 is 10.2 Å². The summed E-state index contributed by atoms with van der Waals surface area (Å²) in [5.41, 5.74) is 4.35. The summed E-state index contributed by atoms with van der Waals surface area (Å²) in [6.07, 6.45) is 1.35. The molecule has 1 aromatic heterocycles. The molecule has 0 aliphatic heterocycles. The minimum atomic E-state index is -0.594. The second-order valence-electron chi connectivity index (χ2n) is 5.36.